The van der Waals surface area contributed by atoms with Gasteiger partial charge in [-0.05, 0) is 34.9 Å². The lowest BCUT2D eigenvalue weighted by Gasteiger charge is -2.50. The summed E-state index contributed by atoms with van der Waals surface area (Å²) in [5.41, 5.74) is 1.35. The quantitative estimate of drug-likeness (QED) is 0.183. The second-order valence-corrected chi connectivity index (χ2v) is 16.7. The fourth-order valence-corrected chi connectivity index (χ4v) is 8.93. The molecule has 2 saturated heterocycles. The first kappa shape index (κ1) is 43.1. The first-order chi connectivity index (χ1) is 27.8. The molecule has 2 aliphatic heterocycles. The molecule has 0 bridgehead atoms. The summed E-state index contributed by atoms with van der Waals surface area (Å²) in [6.07, 6.45) is -0.112. The number of hydrogen-bond acceptors (Lipinski definition) is 11. The second-order valence-electron chi connectivity index (χ2n) is 13.7. The van der Waals surface area contributed by atoms with Gasteiger partial charge in [-0.25, -0.2) is 9.46 Å². The number of morpholine rings is 1. The maximum Gasteiger partial charge on any atom is 0.363 e. The Morgan fingerprint density at radius 3 is 1.60 bits per heavy atom. The van der Waals surface area contributed by atoms with Crippen molar-refractivity contribution < 1.29 is 37.5 Å². The van der Waals surface area contributed by atoms with Crippen LogP contribution in [0, 0.1) is 6.92 Å². The van der Waals surface area contributed by atoms with E-state index < -0.39 is 36.0 Å². The number of aromatic amines is 1. The number of ether oxygens (including phenoxy) is 6. The van der Waals surface area contributed by atoms with Crippen LogP contribution in [-0.4, -0.2) is 124 Å². The molecule has 1 aromatic heterocycles. The molecule has 0 amide bonds. The molecule has 16 heteroatoms. The number of nitrogens with zero attached hydrogens (tertiary/aromatic N) is 3. The average Bonchev–Trinajstić information content (AvgIpc) is 3.23. The number of aryl methyl sites for hydroxylation is 1. The largest absolute Gasteiger partial charge is 0.378 e. The maximum absolute atomic E-state index is 14.3. The van der Waals surface area contributed by atoms with Crippen LogP contribution in [-0.2, 0) is 43.0 Å². The van der Waals surface area contributed by atoms with Gasteiger partial charge in [0.05, 0.1) is 84.3 Å². The van der Waals surface area contributed by atoms with E-state index in [1.54, 1.807) is 6.92 Å². The summed E-state index contributed by atoms with van der Waals surface area (Å²) in [6, 6.07) is 30.5. The molecule has 4 aromatic rings. The molecule has 3 unspecified atom stereocenters. The van der Waals surface area contributed by atoms with E-state index in [4.69, 9.17) is 44.2 Å². The molecule has 3 atom stereocenters. The number of H-pyrrole nitrogens is 1. The molecule has 2 aliphatic rings. The van der Waals surface area contributed by atoms with Gasteiger partial charge in [0.2, 0.25) is 0 Å². The van der Waals surface area contributed by atoms with Gasteiger partial charge in [0, 0.05) is 37.9 Å². The molecule has 0 aliphatic carbocycles. The fraction of sp³-hybridized carbons (Fsp3) is 0.463. The minimum Gasteiger partial charge on any atom is -0.378 e. The van der Waals surface area contributed by atoms with Crippen molar-refractivity contribution >= 4 is 18.1 Å². The number of nitrogens with one attached hydrogen (secondary N) is 1. The standard InChI is InChI=1S/C41H52ClN4O10P/c1-33-29-46(40(48)43-39(33)47)38-31-44(41(34-11-5-2-6-12-34,35-13-7-3-8-14-35)36-15-9-4-10-16-36)30-37(56-38)32-55-57(42,49)45-17-19-50-21-23-52-25-27-54-28-26-53-24-22-51-20-18-45/h2-16,29,37-38H,17-28,30-32H2,1H3,(H,43,47,48). The van der Waals surface area contributed by atoms with Gasteiger partial charge in [-0.15, -0.1) is 0 Å². The lowest BCUT2D eigenvalue weighted by Crippen LogP contribution is -2.58. The Hall–Kier alpha value is -3.50. The number of benzene rings is 3. The van der Waals surface area contributed by atoms with Gasteiger partial charge in [0.1, 0.15) is 0 Å². The lowest BCUT2D eigenvalue weighted by molar-refractivity contribution is -0.148. The predicted molar refractivity (Wildman–Crippen MR) is 216 cm³/mol. The number of hydrogen-bond donors (Lipinski definition) is 1. The van der Waals surface area contributed by atoms with Crippen LogP contribution in [0.4, 0.5) is 0 Å². The zero-order valence-electron chi connectivity index (χ0n) is 32.2. The van der Waals surface area contributed by atoms with Crippen LogP contribution in [0.25, 0.3) is 0 Å². The van der Waals surface area contributed by atoms with Gasteiger partial charge in [0.15, 0.2) is 6.23 Å². The Bertz CT molecular complexity index is 1860. The van der Waals surface area contributed by atoms with Crippen molar-refractivity contribution in [2.45, 2.75) is 24.8 Å². The van der Waals surface area contributed by atoms with Gasteiger partial charge in [-0.3, -0.25) is 23.8 Å². The van der Waals surface area contributed by atoms with Gasteiger partial charge in [-0.2, -0.15) is 0 Å². The van der Waals surface area contributed by atoms with Crippen molar-refractivity contribution in [1.82, 2.24) is 19.1 Å². The first-order valence-corrected chi connectivity index (χ1v) is 21.7. The van der Waals surface area contributed by atoms with Crippen molar-refractivity contribution in [2.24, 2.45) is 0 Å². The Morgan fingerprint density at radius 2 is 1.14 bits per heavy atom. The fourth-order valence-electron chi connectivity index (χ4n) is 7.15. The smallest absolute Gasteiger partial charge is 0.363 e. The Balaban J connectivity index is 1.31. The Kier molecular flexibility index (Phi) is 16.2. The van der Waals surface area contributed by atoms with Crippen LogP contribution >= 0.6 is 18.1 Å². The minimum atomic E-state index is -3.99. The zero-order chi connectivity index (χ0) is 39.9. The monoisotopic (exact) mass is 826 g/mol. The SMILES string of the molecule is Cc1cn(C2CN(C(c3ccccc3)(c3ccccc3)c3ccccc3)CC(COP(=O)(Cl)N3CCOCCOCCOCCOCCOCC3)O2)c(=O)[nH]c1=O. The number of rotatable bonds is 9. The summed E-state index contributed by atoms with van der Waals surface area (Å²) in [5.74, 6) is 0. The van der Waals surface area contributed by atoms with Crippen molar-refractivity contribution in [3.63, 3.8) is 0 Å². The van der Waals surface area contributed by atoms with Crippen molar-refractivity contribution in [3.8, 4) is 0 Å². The molecule has 3 aromatic carbocycles. The molecule has 1 N–H and O–H groups in total. The van der Waals surface area contributed by atoms with Crippen LogP contribution in [0.15, 0.2) is 107 Å². The van der Waals surface area contributed by atoms with E-state index in [1.165, 1.54) is 15.4 Å². The normalized spacial score (nSPS) is 21.9. The topological polar surface area (TPSA) is 143 Å². The third-order valence-electron chi connectivity index (χ3n) is 9.89. The zero-order valence-corrected chi connectivity index (χ0v) is 33.9. The van der Waals surface area contributed by atoms with Crippen LogP contribution in [0.5, 0.6) is 0 Å². The van der Waals surface area contributed by atoms with Gasteiger partial charge >= 0.3 is 12.6 Å². The van der Waals surface area contributed by atoms with Crippen molar-refractivity contribution in [1.29, 1.82) is 0 Å². The highest BCUT2D eigenvalue weighted by Crippen LogP contribution is 2.56. The Labute approximate surface area is 337 Å². The van der Waals surface area contributed by atoms with Gasteiger partial charge in [0.25, 0.3) is 5.56 Å². The van der Waals surface area contributed by atoms with Crippen LogP contribution in [0.1, 0.15) is 28.5 Å². The lowest BCUT2D eigenvalue weighted by atomic mass is 9.75. The molecular formula is C41H52ClN4O10P. The molecule has 3 heterocycles. The average molecular weight is 827 g/mol. The maximum atomic E-state index is 14.3. The summed E-state index contributed by atoms with van der Waals surface area (Å²) in [4.78, 5) is 30.6. The summed E-state index contributed by atoms with van der Waals surface area (Å²) in [5, 5.41) is 0. The van der Waals surface area contributed by atoms with E-state index in [0.717, 1.165) is 16.7 Å². The summed E-state index contributed by atoms with van der Waals surface area (Å²) < 4.78 is 58.2. The predicted octanol–water partition coefficient (Wildman–Crippen LogP) is 4.80. The van der Waals surface area contributed by atoms with E-state index in [1.807, 2.05) is 54.6 Å². The molecular weight excluding hydrogens is 775 g/mol. The van der Waals surface area contributed by atoms with E-state index in [2.05, 4.69) is 46.3 Å². The second kappa shape index (κ2) is 21.5. The van der Waals surface area contributed by atoms with Gasteiger partial charge in [-0.1, -0.05) is 91.0 Å². The van der Waals surface area contributed by atoms with E-state index in [-0.39, 0.29) is 39.5 Å². The van der Waals surface area contributed by atoms with E-state index >= 15 is 0 Å². The van der Waals surface area contributed by atoms with Crippen LogP contribution in [0.2, 0.25) is 0 Å². The molecule has 2 fully saturated rings. The van der Waals surface area contributed by atoms with E-state index in [9.17, 15) is 14.2 Å². The Morgan fingerprint density at radius 1 is 0.702 bits per heavy atom. The highest BCUT2D eigenvalue weighted by Gasteiger charge is 2.47. The molecule has 6 rings (SSSR count). The molecule has 14 nitrogen and oxygen atoms in total. The number of aromatic nitrogens is 2. The summed E-state index contributed by atoms with van der Waals surface area (Å²) in [6.45, 7) is 2.06. The minimum absolute atomic E-state index is 0.179. The highest BCUT2D eigenvalue weighted by atomic mass is 35.7. The molecule has 0 radical (unpaired) electrons. The van der Waals surface area contributed by atoms with E-state index in [0.29, 0.717) is 65.0 Å². The number of halogens is 1. The summed E-state index contributed by atoms with van der Waals surface area (Å²) >= 11 is 6.82. The third-order valence-corrected chi connectivity index (χ3v) is 12.4. The third kappa shape index (κ3) is 11.4. The highest BCUT2D eigenvalue weighted by molar-refractivity contribution is 7.83. The molecule has 0 spiro atoms. The first-order valence-electron chi connectivity index (χ1n) is 19.3. The van der Waals surface area contributed by atoms with Gasteiger partial charge < -0.3 is 32.9 Å². The van der Waals surface area contributed by atoms with Crippen molar-refractivity contribution in [3.05, 3.63) is 140 Å². The van der Waals surface area contributed by atoms with Crippen molar-refractivity contribution in [2.75, 3.05) is 98.9 Å². The molecule has 308 valence electrons. The molecule has 0 saturated carbocycles. The molecule has 57 heavy (non-hydrogen) atoms. The summed E-state index contributed by atoms with van der Waals surface area (Å²) in [7, 11) is 0. The van der Waals surface area contributed by atoms with Crippen LogP contribution in [0.3, 0.4) is 0 Å². The van der Waals surface area contributed by atoms with Crippen LogP contribution < -0.4 is 11.2 Å².